The summed E-state index contributed by atoms with van der Waals surface area (Å²) in [6, 6.07) is 7.19. The number of hydrogen-bond donors (Lipinski definition) is 1. The Morgan fingerprint density at radius 2 is 1.80 bits per heavy atom. The zero-order valence-electron chi connectivity index (χ0n) is 12.0. The van der Waals surface area contributed by atoms with Crippen LogP contribution in [-0.2, 0) is 4.79 Å². The molecule has 1 heterocycles. The number of rotatable bonds is 3. The summed E-state index contributed by atoms with van der Waals surface area (Å²) in [4.78, 5) is 25.1. The van der Waals surface area contributed by atoms with Crippen LogP contribution in [0.4, 0.5) is 0 Å². The molecule has 0 bridgehead atoms. The minimum atomic E-state index is -0.874. The molecule has 0 aromatic heterocycles. The molecule has 20 heavy (non-hydrogen) atoms. The highest BCUT2D eigenvalue weighted by Crippen LogP contribution is 2.30. The van der Waals surface area contributed by atoms with Gasteiger partial charge in [-0.1, -0.05) is 32.0 Å². The number of carboxylic acids is 1. The molecule has 0 unspecified atom stereocenters. The molecule has 0 aliphatic carbocycles. The van der Waals surface area contributed by atoms with Crippen LogP contribution in [0.1, 0.15) is 48.5 Å². The summed E-state index contributed by atoms with van der Waals surface area (Å²) < 4.78 is 0. The van der Waals surface area contributed by atoms with E-state index in [1.165, 1.54) is 0 Å². The van der Waals surface area contributed by atoms with E-state index >= 15 is 0 Å². The highest BCUT2D eigenvalue weighted by molar-refractivity contribution is 5.89. The van der Waals surface area contributed by atoms with Crippen LogP contribution in [0.3, 0.4) is 0 Å². The van der Waals surface area contributed by atoms with Gasteiger partial charge in [0.05, 0.1) is 5.56 Å². The average Bonchev–Trinajstić information content (AvgIpc) is 2.46. The highest BCUT2D eigenvalue weighted by Gasteiger charge is 2.27. The van der Waals surface area contributed by atoms with Gasteiger partial charge in [-0.25, -0.2) is 4.79 Å². The van der Waals surface area contributed by atoms with Gasteiger partial charge < -0.3 is 10.0 Å². The van der Waals surface area contributed by atoms with Crippen LogP contribution in [0.2, 0.25) is 0 Å². The molecule has 2 rings (SSSR count). The SMILES string of the molecule is CC(C)C(=O)N1CCC(c2ccccc2C(=O)O)CC1. The molecule has 1 aromatic rings. The molecule has 4 heteroatoms. The number of piperidine rings is 1. The van der Waals surface area contributed by atoms with Crippen molar-refractivity contribution in [1.82, 2.24) is 4.90 Å². The predicted molar refractivity (Wildman–Crippen MR) is 76.8 cm³/mol. The lowest BCUT2D eigenvalue weighted by Gasteiger charge is -2.33. The van der Waals surface area contributed by atoms with Crippen molar-refractivity contribution < 1.29 is 14.7 Å². The lowest BCUT2D eigenvalue weighted by atomic mass is 9.86. The van der Waals surface area contributed by atoms with Crippen molar-refractivity contribution in [3.8, 4) is 0 Å². The van der Waals surface area contributed by atoms with Gasteiger partial charge in [-0.3, -0.25) is 4.79 Å². The van der Waals surface area contributed by atoms with E-state index in [1.807, 2.05) is 30.9 Å². The number of hydrogen-bond acceptors (Lipinski definition) is 2. The maximum atomic E-state index is 11.9. The van der Waals surface area contributed by atoms with E-state index < -0.39 is 5.97 Å². The van der Waals surface area contributed by atoms with Gasteiger partial charge in [0.1, 0.15) is 0 Å². The zero-order valence-corrected chi connectivity index (χ0v) is 12.0. The standard InChI is InChI=1S/C16H21NO3/c1-11(2)15(18)17-9-7-12(8-10-17)13-5-3-4-6-14(13)16(19)20/h3-6,11-12H,7-10H2,1-2H3,(H,19,20). The number of aromatic carboxylic acids is 1. The van der Waals surface area contributed by atoms with Gasteiger partial charge in [-0.15, -0.1) is 0 Å². The third kappa shape index (κ3) is 3.00. The molecule has 0 saturated carbocycles. The Kier molecular flexibility index (Phi) is 4.42. The van der Waals surface area contributed by atoms with Crippen LogP contribution in [0.25, 0.3) is 0 Å². The molecule has 1 amide bonds. The fourth-order valence-corrected chi connectivity index (χ4v) is 2.82. The van der Waals surface area contributed by atoms with Gasteiger partial charge in [0.2, 0.25) is 5.91 Å². The number of nitrogens with zero attached hydrogens (tertiary/aromatic N) is 1. The van der Waals surface area contributed by atoms with Crippen LogP contribution < -0.4 is 0 Å². The first-order chi connectivity index (χ1) is 9.50. The molecular formula is C16H21NO3. The monoisotopic (exact) mass is 275 g/mol. The average molecular weight is 275 g/mol. The summed E-state index contributed by atoms with van der Waals surface area (Å²) in [7, 11) is 0. The predicted octanol–water partition coefficient (Wildman–Crippen LogP) is 2.75. The summed E-state index contributed by atoms with van der Waals surface area (Å²) in [6.45, 7) is 5.26. The van der Waals surface area contributed by atoms with Crippen LogP contribution in [0, 0.1) is 5.92 Å². The van der Waals surface area contributed by atoms with Gasteiger partial charge in [0, 0.05) is 19.0 Å². The van der Waals surface area contributed by atoms with E-state index in [9.17, 15) is 14.7 Å². The van der Waals surface area contributed by atoms with Crippen LogP contribution in [-0.4, -0.2) is 35.0 Å². The molecule has 1 N–H and O–H groups in total. The number of amides is 1. The topological polar surface area (TPSA) is 57.6 Å². The van der Waals surface area contributed by atoms with Crippen LogP contribution in [0.15, 0.2) is 24.3 Å². The lowest BCUT2D eigenvalue weighted by molar-refractivity contribution is -0.135. The Labute approximate surface area is 119 Å². The maximum absolute atomic E-state index is 11.9. The Hall–Kier alpha value is -1.84. The van der Waals surface area contributed by atoms with Crippen LogP contribution >= 0.6 is 0 Å². The second-order valence-electron chi connectivity index (χ2n) is 5.65. The Morgan fingerprint density at radius 3 is 2.35 bits per heavy atom. The van der Waals surface area contributed by atoms with Gasteiger partial charge in [0.15, 0.2) is 0 Å². The molecule has 1 fully saturated rings. The number of carboxylic acid groups (broad SMARTS) is 1. The normalized spacial score (nSPS) is 16.4. The van der Waals surface area contributed by atoms with Crippen LogP contribution in [0.5, 0.6) is 0 Å². The lowest BCUT2D eigenvalue weighted by Crippen LogP contribution is -2.40. The molecule has 0 radical (unpaired) electrons. The third-order valence-corrected chi connectivity index (χ3v) is 3.93. The fraction of sp³-hybridized carbons (Fsp3) is 0.500. The van der Waals surface area contributed by atoms with E-state index in [4.69, 9.17) is 0 Å². The summed E-state index contributed by atoms with van der Waals surface area (Å²) in [6.07, 6.45) is 1.67. The van der Waals surface area contributed by atoms with E-state index in [2.05, 4.69) is 0 Å². The van der Waals surface area contributed by atoms with Crippen molar-refractivity contribution in [3.63, 3.8) is 0 Å². The Bertz CT molecular complexity index is 502. The zero-order chi connectivity index (χ0) is 14.7. The van der Waals surface area contributed by atoms with Crippen molar-refractivity contribution in [2.75, 3.05) is 13.1 Å². The number of carbonyl (C=O) groups is 2. The Morgan fingerprint density at radius 1 is 1.20 bits per heavy atom. The second-order valence-corrected chi connectivity index (χ2v) is 5.65. The first kappa shape index (κ1) is 14.6. The third-order valence-electron chi connectivity index (χ3n) is 3.93. The van der Waals surface area contributed by atoms with Crippen molar-refractivity contribution in [3.05, 3.63) is 35.4 Å². The first-order valence-electron chi connectivity index (χ1n) is 7.11. The maximum Gasteiger partial charge on any atom is 0.335 e. The smallest absolute Gasteiger partial charge is 0.335 e. The Balaban J connectivity index is 2.08. The van der Waals surface area contributed by atoms with Gasteiger partial charge in [-0.2, -0.15) is 0 Å². The molecule has 1 aliphatic heterocycles. The van der Waals surface area contributed by atoms with E-state index in [0.29, 0.717) is 5.56 Å². The summed E-state index contributed by atoms with van der Waals surface area (Å²) in [5.74, 6) is -0.423. The highest BCUT2D eigenvalue weighted by atomic mass is 16.4. The minimum Gasteiger partial charge on any atom is -0.478 e. The summed E-state index contributed by atoms with van der Waals surface area (Å²) in [5.41, 5.74) is 1.29. The molecular weight excluding hydrogens is 254 g/mol. The molecule has 0 spiro atoms. The molecule has 1 aromatic carbocycles. The number of carbonyl (C=O) groups excluding carboxylic acids is 1. The van der Waals surface area contributed by atoms with E-state index in [0.717, 1.165) is 31.5 Å². The van der Waals surface area contributed by atoms with Crippen molar-refractivity contribution >= 4 is 11.9 Å². The molecule has 108 valence electrons. The molecule has 0 atom stereocenters. The molecule has 1 aliphatic rings. The molecule has 1 saturated heterocycles. The largest absolute Gasteiger partial charge is 0.478 e. The first-order valence-corrected chi connectivity index (χ1v) is 7.11. The quantitative estimate of drug-likeness (QED) is 0.922. The molecule has 4 nitrogen and oxygen atoms in total. The van der Waals surface area contributed by atoms with Crippen molar-refractivity contribution in [2.45, 2.75) is 32.6 Å². The number of benzene rings is 1. The number of likely N-dealkylation sites (tertiary alicyclic amines) is 1. The minimum absolute atomic E-state index is 0.0258. The second kappa shape index (κ2) is 6.07. The van der Waals surface area contributed by atoms with E-state index in [-0.39, 0.29) is 17.7 Å². The van der Waals surface area contributed by atoms with Gasteiger partial charge in [-0.05, 0) is 30.4 Å². The van der Waals surface area contributed by atoms with E-state index in [1.54, 1.807) is 12.1 Å². The van der Waals surface area contributed by atoms with Crippen molar-refractivity contribution in [2.24, 2.45) is 5.92 Å². The summed E-state index contributed by atoms with van der Waals surface area (Å²) >= 11 is 0. The van der Waals surface area contributed by atoms with Crippen molar-refractivity contribution in [1.29, 1.82) is 0 Å². The van der Waals surface area contributed by atoms with Gasteiger partial charge in [0.25, 0.3) is 0 Å². The van der Waals surface area contributed by atoms with Gasteiger partial charge >= 0.3 is 5.97 Å². The fourth-order valence-electron chi connectivity index (χ4n) is 2.82. The summed E-state index contributed by atoms with van der Waals surface area (Å²) in [5, 5.41) is 9.24.